The van der Waals surface area contributed by atoms with Crippen molar-refractivity contribution in [3.8, 4) is 0 Å². The fourth-order valence-corrected chi connectivity index (χ4v) is 4.94. The van der Waals surface area contributed by atoms with Crippen LogP contribution in [0.1, 0.15) is 53.0 Å². The topological polar surface area (TPSA) is 73.0 Å². The third-order valence-electron chi connectivity index (χ3n) is 6.57. The van der Waals surface area contributed by atoms with Gasteiger partial charge in [-0.3, -0.25) is 19.2 Å². The quantitative estimate of drug-likeness (QED) is 0.498. The standard InChI is InChI=1S/C25H42N4O3S/c1-7-27(6)15-16-28(8-2)18-22-17-23(33(32)26-25(31)19(3)4)9-10-24(22)29-13-11-21(12-14-29)20(5)30/h9-10,17,19,21H,7-8,11-16,18H2,1-6H3,(H,26,31). The first kappa shape index (κ1) is 27.5. The highest BCUT2D eigenvalue weighted by Crippen LogP contribution is 2.29. The molecule has 1 saturated heterocycles. The average Bonchev–Trinajstić information content (AvgIpc) is 2.81. The lowest BCUT2D eigenvalue weighted by atomic mass is 9.92. The third-order valence-corrected chi connectivity index (χ3v) is 7.64. The second-order valence-corrected chi connectivity index (χ2v) is 10.5. The van der Waals surface area contributed by atoms with Gasteiger partial charge in [-0.15, -0.1) is 0 Å². The van der Waals surface area contributed by atoms with Gasteiger partial charge in [0.2, 0.25) is 5.91 Å². The van der Waals surface area contributed by atoms with Gasteiger partial charge in [0, 0.05) is 50.2 Å². The Morgan fingerprint density at radius 3 is 2.36 bits per heavy atom. The number of carbonyl (C=O) groups excluding carboxylic acids is 2. The van der Waals surface area contributed by atoms with Gasteiger partial charge in [0.15, 0.2) is 11.0 Å². The van der Waals surface area contributed by atoms with E-state index in [0.717, 1.165) is 69.9 Å². The minimum absolute atomic E-state index is 0.152. The van der Waals surface area contributed by atoms with Crippen LogP contribution in [-0.2, 0) is 27.1 Å². The SMILES string of the molecule is CCN(C)CCN(CC)Cc1cc(S(=O)NC(=O)C(C)C)ccc1N1CCC(C(C)=O)CC1. The van der Waals surface area contributed by atoms with Gasteiger partial charge in [-0.2, -0.15) is 0 Å². The van der Waals surface area contributed by atoms with Crippen molar-refractivity contribution in [1.29, 1.82) is 0 Å². The van der Waals surface area contributed by atoms with Crippen LogP contribution in [0.3, 0.4) is 0 Å². The number of benzene rings is 1. The summed E-state index contributed by atoms with van der Waals surface area (Å²) in [5, 5.41) is 0. The summed E-state index contributed by atoms with van der Waals surface area (Å²) in [7, 11) is 0.536. The van der Waals surface area contributed by atoms with Crippen molar-refractivity contribution in [2.24, 2.45) is 11.8 Å². The number of piperidine rings is 1. The van der Waals surface area contributed by atoms with Crippen molar-refractivity contribution in [2.45, 2.75) is 58.9 Å². The fourth-order valence-electron chi connectivity index (χ4n) is 3.97. The number of hydrogen-bond acceptors (Lipinski definition) is 6. The molecule has 8 heteroatoms. The highest BCUT2D eigenvalue weighted by atomic mass is 32.2. The van der Waals surface area contributed by atoms with Crippen LogP contribution < -0.4 is 9.62 Å². The van der Waals surface area contributed by atoms with Gasteiger partial charge >= 0.3 is 0 Å². The summed E-state index contributed by atoms with van der Waals surface area (Å²) >= 11 is 0. The molecule has 1 aliphatic heterocycles. The second-order valence-electron chi connectivity index (χ2n) is 9.32. The minimum Gasteiger partial charge on any atom is -0.371 e. The summed E-state index contributed by atoms with van der Waals surface area (Å²) in [6, 6.07) is 5.87. The zero-order valence-corrected chi connectivity index (χ0v) is 22.0. The molecule has 0 aromatic heterocycles. The van der Waals surface area contributed by atoms with E-state index in [2.05, 4.69) is 40.3 Å². The van der Waals surface area contributed by atoms with E-state index in [9.17, 15) is 13.8 Å². The Labute approximate surface area is 202 Å². The van der Waals surface area contributed by atoms with Crippen molar-refractivity contribution in [3.05, 3.63) is 23.8 Å². The van der Waals surface area contributed by atoms with Crippen LogP contribution in [-0.4, -0.2) is 72.0 Å². The molecular weight excluding hydrogens is 436 g/mol. The lowest BCUT2D eigenvalue weighted by Gasteiger charge is -2.35. The van der Waals surface area contributed by atoms with Gasteiger partial charge in [0.05, 0.1) is 4.90 Å². The van der Waals surface area contributed by atoms with Gasteiger partial charge in [0.1, 0.15) is 5.78 Å². The maximum Gasteiger partial charge on any atom is 0.234 e. The molecule has 0 radical (unpaired) electrons. The maximum absolute atomic E-state index is 12.8. The van der Waals surface area contributed by atoms with Crippen LogP contribution in [0.15, 0.2) is 23.1 Å². The molecule has 7 nitrogen and oxygen atoms in total. The van der Waals surface area contributed by atoms with Crippen molar-refractivity contribution in [2.75, 3.05) is 51.2 Å². The van der Waals surface area contributed by atoms with E-state index in [-0.39, 0.29) is 23.5 Å². The lowest BCUT2D eigenvalue weighted by Crippen LogP contribution is -2.37. The number of Topliss-reactive ketones (excluding diaryl/α,β-unsaturated/α-hetero) is 1. The van der Waals surface area contributed by atoms with Crippen LogP contribution in [0, 0.1) is 11.8 Å². The summed E-state index contributed by atoms with van der Waals surface area (Å²) in [6.07, 6.45) is 1.73. The number of likely N-dealkylation sites (N-methyl/N-ethyl adjacent to an activating group) is 2. The van der Waals surface area contributed by atoms with Crippen molar-refractivity contribution in [3.63, 3.8) is 0 Å². The Morgan fingerprint density at radius 1 is 1.15 bits per heavy atom. The summed E-state index contributed by atoms with van der Waals surface area (Å²) in [5.41, 5.74) is 2.25. The minimum atomic E-state index is -1.59. The first-order valence-electron chi connectivity index (χ1n) is 12.2. The number of ketones is 1. The molecule has 1 heterocycles. The van der Waals surface area contributed by atoms with E-state index in [1.807, 2.05) is 18.2 Å². The molecular formula is C25H42N4O3S. The second kappa shape index (κ2) is 13.2. The van der Waals surface area contributed by atoms with Crippen molar-refractivity contribution >= 4 is 28.4 Å². The summed E-state index contributed by atoms with van der Waals surface area (Å²) in [4.78, 5) is 31.5. The molecule has 1 aliphatic rings. The Bertz CT molecular complexity index is 822. The van der Waals surface area contributed by atoms with Gasteiger partial charge in [-0.1, -0.05) is 27.7 Å². The van der Waals surface area contributed by atoms with Crippen molar-refractivity contribution < 1.29 is 13.8 Å². The summed E-state index contributed by atoms with van der Waals surface area (Å²) < 4.78 is 15.5. The van der Waals surface area contributed by atoms with Crippen LogP contribution in [0.4, 0.5) is 5.69 Å². The zero-order chi connectivity index (χ0) is 24.5. The van der Waals surface area contributed by atoms with Crippen molar-refractivity contribution in [1.82, 2.24) is 14.5 Å². The number of rotatable bonds is 12. The number of hydrogen-bond donors (Lipinski definition) is 1. The van der Waals surface area contributed by atoms with E-state index < -0.39 is 11.0 Å². The molecule has 1 unspecified atom stereocenters. The lowest BCUT2D eigenvalue weighted by molar-refractivity contribution is -0.122. The molecule has 33 heavy (non-hydrogen) atoms. The number of nitrogens with one attached hydrogen (secondary N) is 1. The zero-order valence-electron chi connectivity index (χ0n) is 21.2. The number of nitrogens with zero attached hydrogens (tertiary/aromatic N) is 3. The molecule has 1 aromatic carbocycles. The molecule has 2 rings (SSSR count). The highest BCUT2D eigenvalue weighted by Gasteiger charge is 2.25. The van der Waals surface area contributed by atoms with E-state index in [1.165, 1.54) is 0 Å². The molecule has 1 amide bonds. The first-order chi connectivity index (χ1) is 15.7. The van der Waals surface area contributed by atoms with Gasteiger partial charge in [-0.05, 0) is 63.7 Å². The Balaban J connectivity index is 2.27. The van der Waals surface area contributed by atoms with Crippen LogP contribution in [0.5, 0.6) is 0 Å². The molecule has 0 bridgehead atoms. The van der Waals surface area contributed by atoms with E-state index in [0.29, 0.717) is 4.90 Å². The number of anilines is 1. The molecule has 1 aromatic rings. The summed E-state index contributed by atoms with van der Waals surface area (Å²) in [5.74, 6) is -0.0115. The predicted molar refractivity (Wildman–Crippen MR) is 136 cm³/mol. The predicted octanol–water partition coefficient (Wildman–Crippen LogP) is 3.06. The van der Waals surface area contributed by atoms with Gasteiger partial charge < -0.3 is 9.80 Å². The molecule has 186 valence electrons. The smallest absolute Gasteiger partial charge is 0.234 e. The van der Waals surface area contributed by atoms with E-state index >= 15 is 0 Å². The number of carbonyl (C=O) groups is 2. The highest BCUT2D eigenvalue weighted by molar-refractivity contribution is 7.83. The summed E-state index contributed by atoms with van der Waals surface area (Å²) in [6.45, 7) is 15.9. The number of amides is 1. The van der Waals surface area contributed by atoms with Gasteiger partial charge in [0.25, 0.3) is 0 Å². The van der Waals surface area contributed by atoms with Crippen LogP contribution >= 0.6 is 0 Å². The van der Waals surface area contributed by atoms with Gasteiger partial charge in [-0.25, -0.2) is 4.21 Å². The largest absolute Gasteiger partial charge is 0.371 e. The van der Waals surface area contributed by atoms with E-state index in [1.54, 1.807) is 20.8 Å². The molecule has 1 N–H and O–H groups in total. The molecule has 0 aliphatic carbocycles. The maximum atomic E-state index is 12.8. The Kier molecular flexibility index (Phi) is 11.0. The monoisotopic (exact) mass is 478 g/mol. The average molecular weight is 479 g/mol. The molecule has 1 atom stereocenters. The molecule has 1 fully saturated rings. The van der Waals surface area contributed by atoms with E-state index in [4.69, 9.17) is 0 Å². The molecule has 0 spiro atoms. The first-order valence-corrected chi connectivity index (χ1v) is 13.3. The molecule has 0 saturated carbocycles. The fraction of sp³-hybridized carbons (Fsp3) is 0.680. The normalized spacial score (nSPS) is 16.0. The Morgan fingerprint density at radius 2 is 1.82 bits per heavy atom. The third kappa shape index (κ3) is 8.19. The van der Waals surface area contributed by atoms with Crippen LogP contribution in [0.2, 0.25) is 0 Å². The Hall–Kier alpha value is -1.77. The van der Waals surface area contributed by atoms with Crippen LogP contribution in [0.25, 0.3) is 0 Å².